The van der Waals surface area contributed by atoms with Gasteiger partial charge in [-0.3, -0.25) is 0 Å². The van der Waals surface area contributed by atoms with Gasteiger partial charge in [0.05, 0.1) is 26.8 Å². The minimum absolute atomic E-state index is 0.547. The van der Waals surface area contributed by atoms with Crippen molar-refractivity contribution < 1.29 is 0 Å². The monoisotopic (exact) mass is 396 g/mol. The van der Waals surface area contributed by atoms with E-state index >= 15 is 0 Å². The third-order valence-electron chi connectivity index (χ3n) is 4.27. The molecule has 4 aromatic rings. The van der Waals surface area contributed by atoms with Gasteiger partial charge in [-0.05, 0) is 54.4 Å². The minimum atomic E-state index is 0.547. The lowest BCUT2D eigenvalue weighted by Gasteiger charge is -2.07. The zero-order chi connectivity index (χ0) is 18.8. The number of H-pyrrole nitrogens is 1. The number of nitrogens with one attached hydrogen (secondary N) is 3. The highest BCUT2D eigenvalue weighted by Crippen LogP contribution is 2.32. The predicted octanol–water partition coefficient (Wildman–Crippen LogP) is 6.53. The summed E-state index contributed by atoms with van der Waals surface area (Å²) in [5.74, 6) is 0.601. The third-order valence-corrected chi connectivity index (χ3v) is 4.90. The molecule has 0 atom stereocenters. The lowest BCUT2D eigenvalue weighted by atomic mass is 10.2. The molecule has 3 N–H and O–H groups in total. The predicted molar refractivity (Wildman–Crippen MR) is 114 cm³/mol. The first-order valence-corrected chi connectivity index (χ1v) is 9.34. The SMILES string of the molecule is Cc1cccc(NCc2ccc3nc(Nc4c(Cl)cccc4Cl)[nH]c3c2)c1. The Labute approximate surface area is 167 Å². The van der Waals surface area contributed by atoms with Gasteiger partial charge in [-0.1, -0.05) is 47.5 Å². The van der Waals surface area contributed by atoms with Crippen LogP contribution in [0.4, 0.5) is 17.3 Å². The van der Waals surface area contributed by atoms with Crippen LogP contribution in [0.1, 0.15) is 11.1 Å². The van der Waals surface area contributed by atoms with E-state index < -0.39 is 0 Å². The number of anilines is 3. The van der Waals surface area contributed by atoms with Crippen LogP contribution >= 0.6 is 23.2 Å². The van der Waals surface area contributed by atoms with Gasteiger partial charge < -0.3 is 15.6 Å². The average Bonchev–Trinajstić information content (AvgIpc) is 3.05. The van der Waals surface area contributed by atoms with Crippen molar-refractivity contribution in [1.29, 1.82) is 0 Å². The van der Waals surface area contributed by atoms with Crippen molar-refractivity contribution in [2.75, 3.05) is 10.6 Å². The smallest absolute Gasteiger partial charge is 0.205 e. The molecule has 0 spiro atoms. The second-order valence-electron chi connectivity index (χ2n) is 6.38. The molecule has 136 valence electrons. The molecule has 27 heavy (non-hydrogen) atoms. The van der Waals surface area contributed by atoms with E-state index in [2.05, 4.69) is 57.9 Å². The van der Waals surface area contributed by atoms with Gasteiger partial charge in [0, 0.05) is 12.2 Å². The Kier molecular flexibility index (Phi) is 4.92. The fourth-order valence-electron chi connectivity index (χ4n) is 2.92. The number of imidazole rings is 1. The van der Waals surface area contributed by atoms with Gasteiger partial charge in [-0.2, -0.15) is 0 Å². The molecule has 0 aliphatic carbocycles. The zero-order valence-corrected chi connectivity index (χ0v) is 16.2. The van der Waals surface area contributed by atoms with E-state index in [1.165, 1.54) is 5.56 Å². The van der Waals surface area contributed by atoms with Crippen LogP contribution in [0, 0.1) is 6.92 Å². The maximum Gasteiger partial charge on any atom is 0.205 e. The molecule has 0 saturated heterocycles. The Morgan fingerprint density at radius 2 is 1.74 bits per heavy atom. The topological polar surface area (TPSA) is 52.7 Å². The molecular weight excluding hydrogens is 379 g/mol. The largest absolute Gasteiger partial charge is 0.381 e. The summed E-state index contributed by atoms with van der Waals surface area (Å²) in [6, 6.07) is 19.9. The molecule has 0 saturated carbocycles. The van der Waals surface area contributed by atoms with Crippen LogP contribution in [-0.4, -0.2) is 9.97 Å². The second kappa shape index (κ2) is 7.51. The lowest BCUT2D eigenvalue weighted by Crippen LogP contribution is -1.99. The molecule has 1 aromatic heterocycles. The van der Waals surface area contributed by atoms with E-state index in [9.17, 15) is 0 Å². The number of aromatic nitrogens is 2. The number of para-hydroxylation sites is 1. The number of rotatable bonds is 5. The molecule has 1 heterocycles. The summed E-state index contributed by atoms with van der Waals surface area (Å²) in [6.45, 7) is 2.82. The Balaban J connectivity index is 1.53. The maximum absolute atomic E-state index is 6.22. The van der Waals surface area contributed by atoms with Crippen LogP contribution in [0.15, 0.2) is 60.7 Å². The number of hydrogen-bond donors (Lipinski definition) is 3. The summed E-state index contributed by atoms with van der Waals surface area (Å²) in [5, 5.41) is 7.70. The molecule has 0 radical (unpaired) electrons. The highest BCUT2D eigenvalue weighted by atomic mass is 35.5. The van der Waals surface area contributed by atoms with Crippen molar-refractivity contribution in [3.05, 3.63) is 81.8 Å². The van der Waals surface area contributed by atoms with Crippen LogP contribution in [0.5, 0.6) is 0 Å². The summed E-state index contributed by atoms with van der Waals surface area (Å²) in [4.78, 5) is 7.84. The fraction of sp³-hybridized carbons (Fsp3) is 0.0952. The first-order valence-electron chi connectivity index (χ1n) is 8.59. The molecule has 0 unspecified atom stereocenters. The van der Waals surface area contributed by atoms with E-state index in [1.54, 1.807) is 12.1 Å². The van der Waals surface area contributed by atoms with Gasteiger partial charge in [0.1, 0.15) is 0 Å². The first kappa shape index (κ1) is 17.7. The van der Waals surface area contributed by atoms with Crippen LogP contribution in [-0.2, 0) is 6.54 Å². The van der Waals surface area contributed by atoms with Gasteiger partial charge in [-0.25, -0.2) is 4.98 Å². The Morgan fingerprint density at radius 3 is 2.52 bits per heavy atom. The number of aryl methyl sites for hydroxylation is 1. The second-order valence-corrected chi connectivity index (χ2v) is 7.20. The molecule has 0 bridgehead atoms. The number of halogens is 2. The van der Waals surface area contributed by atoms with E-state index in [0.29, 0.717) is 21.7 Å². The number of benzene rings is 3. The molecule has 0 aliphatic rings. The average molecular weight is 397 g/mol. The van der Waals surface area contributed by atoms with Crippen LogP contribution in [0.2, 0.25) is 10.0 Å². The zero-order valence-electron chi connectivity index (χ0n) is 14.7. The first-order chi connectivity index (χ1) is 13.1. The van der Waals surface area contributed by atoms with Crippen LogP contribution in [0.3, 0.4) is 0 Å². The summed E-state index contributed by atoms with van der Waals surface area (Å²) in [5.41, 5.74) is 5.97. The van der Waals surface area contributed by atoms with E-state index in [1.807, 2.05) is 18.2 Å². The molecule has 4 rings (SSSR count). The van der Waals surface area contributed by atoms with Gasteiger partial charge in [0.2, 0.25) is 5.95 Å². The standard InChI is InChI=1S/C21H18Cl2N4/c1-13-4-2-5-15(10-13)24-12-14-8-9-18-19(11-14)26-21(25-18)27-20-16(22)6-3-7-17(20)23/h2-11,24H,12H2,1H3,(H2,25,26,27). The van der Waals surface area contributed by atoms with Gasteiger partial charge in [0.25, 0.3) is 0 Å². The van der Waals surface area contributed by atoms with Crippen LogP contribution in [0.25, 0.3) is 11.0 Å². The molecule has 6 heteroatoms. The van der Waals surface area contributed by atoms with Crippen molar-refractivity contribution in [3.8, 4) is 0 Å². The van der Waals surface area contributed by atoms with E-state index in [4.69, 9.17) is 23.2 Å². The van der Waals surface area contributed by atoms with Crippen molar-refractivity contribution >= 4 is 51.6 Å². The quantitative estimate of drug-likeness (QED) is 0.359. The molecule has 4 nitrogen and oxygen atoms in total. The number of fused-ring (bicyclic) bond motifs is 1. The summed E-state index contributed by atoms with van der Waals surface area (Å²) in [6.07, 6.45) is 0. The van der Waals surface area contributed by atoms with Gasteiger partial charge in [0.15, 0.2) is 0 Å². The van der Waals surface area contributed by atoms with Gasteiger partial charge in [-0.15, -0.1) is 0 Å². The molecule has 0 amide bonds. The van der Waals surface area contributed by atoms with Crippen molar-refractivity contribution in [2.24, 2.45) is 0 Å². The fourth-order valence-corrected chi connectivity index (χ4v) is 3.41. The summed E-state index contributed by atoms with van der Waals surface area (Å²) >= 11 is 12.4. The number of aromatic amines is 1. The van der Waals surface area contributed by atoms with Gasteiger partial charge >= 0.3 is 0 Å². The third kappa shape index (κ3) is 4.02. The van der Waals surface area contributed by atoms with Crippen molar-refractivity contribution in [1.82, 2.24) is 9.97 Å². The molecule has 0 aliphatic heterocycles. The Bertz CT molecular complexity index is 1080. The summed E-state index contributed by atoms with van der Waals surface area (Å²) < 4.78 is 0. The lowest BCUT2D eigenvalue weighted by molar-refractivity contribution is 1.15. The molecular formula is C21H18Cl2N4. The van der Waals surface area contributed by atoms with E-state index in [-0.39, 0.29) is 0 Å². The highest BCUT2D eigenvalue weighted by molar-refractivity contribution is 6.39. The van der Waals surface area contributed by atoms with Crippen molar-refractivity contribution in [3.63, 3.8) is 0 Å². The maximum atomic E-state index is 6.22. The Morgan fingerprint density at radius 1 is 0.963 bits per heavy atom. The molecule has 3 aromatic carbocycles. The normalized spacial score (nSPS) is 10.9. The Hall–Kier alpha value is -2.69. The highest BCUT2D eigenvalue weighted by Gasteiger charge is 2.09. The van der Waals surface area contributed by atoms with Crippen LogP contribution < -0.4 is 10.6 Å². The number of hydrogen-bond acceptors (Lipinski definition) is 3. The minimum Gasteiger partial charge on any atom is -0.381 e. The van der Waals surface area contributed by atoms with Crippen molar-refractivity contribution in [2.45, 2.75) is 13.5 Å². The number of nitrogens with zero attached hydrogens (tertiary/aromatic N) is 1. The molecule has 0 fully saturated rings. The summed E-state index contributed by atoms with van der Waals surface area (Å²) in [7, 11) is 0. The van der Waals surface area contributed by atoms with E-state index in [0.717, 1.165) is 28.8 Å².